The number of halogens is 2. The van der Waals surface area contributed by atoms with Crippen molar-refractivity contribution in [2.45, 2.75) is 70.0 Å². The number of amides is 1. The average molecular weight is 551 g/mol. The summed E-state index contributed by atoms with van der Waals surface area (Å²) in [6, 6.07) is 0. The smallest absolute Gasteiger partial charge is 0.244 e. The average Bonchev–Trinajstić information content (AvgIpc) is 3.15. The van der Waals surface area contributed by atoms with Gasteiger partial charge in [0.05, 0.1) is 9.89 Å². The molecule has 162 valence electrons. The molecule has 8 heteroatoms. The van der Waals surface area contributed by atoms with Gasteiger partial charge in [0.2, 0.25) is 5.91 Å². The lowest BCUT2D eigenvalue weighted by Gasteiger charge is -2.30. The van der Waals surface area contributed by atoms with E-state index >= 15 is 0 Å². The second-order valence-corrected chi connectivity index (χ2v) is 10.6. The summed E-state index contributed by atoms with van der Waals surface area (Å²) in [6.45, 7) is 2.05. The quantitative estimate of drug-likeness (QED) is 0.184. The molecule has 1 fully saturated rings. The molecule has 0 radical (unpaired) electrons. The van der Waals surface area contributed by atoms with Gasteiger partial charge in [-0.3, -0.25) is 4.79 Å². The minimum absolute atomic E-state index is 0.0125. The van der Waals surface area contributed by atoms with Crippen LogP contribution < -0.4 is 5.73 Å². The van der Waals surface area contributed by atoms with E-state index in [1.54, 1.807) is 23.5 Å². The maximum absolute atomic E-state index is 12.0. The predicted octanol–water partition coefficient (Wildman–Crippen LogP) is 5.14. The zero-order valence-corrected chi connectivity index (χ0v) is 20.5. The van der Waals surface area contributed by atoms with Crippen molar-refractivity contribution >= 4 is 49.1 Å². The zero-order valence-electron chi connectivity index (χ0n) is 16.5. The number of aliphatic hydroxyl groups excluding tert-OH is 2. The summed E-state index contributed by atoms with van der Waals surface area (Å²) in [5.74, 6) is -1.50. The number of unbranched alkanes of at least 4 members (excludes halogenated alkanes) is 3. The molecular formula is C21H29Br2NO4S. The van der Waals surface area contributed by atoms with E-state index in [0.29, 0.717) is 18.4 Å². The van der Waals surface area contributed by atoms with Crippen LogP contribution in [0.1, 0.15) is 57.4 Å². The molecule has 1 unspecified atom stereocenters. The van der Waals surface area contributed by atoms with Gasteiger partial charge in [0, 0.05) is 22.4 Å². The van der Waals surface area contributed by atoms with Gasteiger partial charge in [-0.05, 0) is 81.0 Å². The summed E-state index contributed by atoms with van der Waals surface area (Å²) < 4.78 is 2.11. The highest BCUT2D eigenvalue weighted by Gasteiger charge is 2.51. The molecule has 1 aromatic heterocycles. The largest absolute Gasteiger partial charge is 0.510 e. The third-order valence-electron chi connectivity index (χ3n) is 5.40. The van der Waals surface area contributed by atoms with Crippen molar-refractivity contribution in [1.82, 2.24) is 0 Å². The summed E-state index contributed by atoms with van der Waals surface area (Å²) in [6.07, 6.45) is 7.49. The van der Waals surface area contributed by atoms with Gasteiger partial charge in [-0.15, -0.1) is 11.3 Å². The van der Waals surface area contributed by atoms with Crippen molar-refractivity contribution in [3.8, 4) is 0 Å². The Labute approximate surface area is 193 Å². The number of rotatable bonds is 10. The third-order valence-corrected chi connectivity index (χ3v) is 8.87. The summed E-state index contributed by atoms with van der Waals surface area (Å²) >= 11 is 8.64. The monoisotopic (exact) mass is 549 g/mol. The van der Waals surface area contributed by atoms with Crippen LogP contribution in [-0.2, 0) is 11.2 Å². The van der Waals surface area contributed by atoms with Gasteiger partial charge in [-0.2, -0.15) is 0 Å². The molecule has 1 aliphatic carbocycles. The number of aryl methyl sites for hydroxylation is 1. The normalized spacial score (nSPS) is 25.6. The van der Waals surface area contributed by atoms with E-state index in [1.807, 2.05) is 0 Å². The fourth-order valence-corrected chi connectivity index (χ4v) is 5.82. The summed E-state index contributed by atoms with van der Waals surface area (Å²) in [5.41, 5.74) is 5.38. The molecule has 1 saturated carbocycles. The lowest BCUT2D eigenvalue weighted by atomic mass is 9.81. The first-order valence-electron chi connectivity index (χ1n) is 9.91. The van der Waals surface area contributed by atoms with Gasteiger partial charge >= 0.3 is 0 Å². The van der Waals surface area contributed by atoms with Crippen molar-refractivity contribution in [1.29, 1.82) is 0 Å². The molecule has 5 nitrogen and oxygen atoms in total. The molecule has 0 aliphatic heterocycles. The summed E-state index contributed by atoms with van der Waals surface area (Å²) in [7, 11) is 0. The van der Waals surface area contributed by atoms with E-state index in [9.17, 15) is 20.1 Å². The first-order chi connectivity index (χ1) is 13.7. The molecule has 1 aromatic rings. The number of hydrogen-bond acceptors (Lipinski definition) is 5. The number of aliphatic hydroxyl groups is 3. The van der Waals surface area contributed by atoms with Crippen LogP contribution >= 0.6 is 43.2 Å². The van der Waals surface area contributed by atoms with Crippen LogP contribution in [0.3, 0.4) is 0 Å². The molecule has 0 aromatic carbocycles. The van der Waals surface area contributed by atoms with E-state index in [4.69, 9.17) is 5.73 Å². The number of carbonyl (C=O) groups excluding carboxylic acids is 1. The minimum Gasteiger partial charge on any atom is -0.510 e. The van der Waals surface area contributed by atoms with E-state index in [1.165, 1.54) is 5.56 Å². The van der Waals surface area contributed by atoms with Crippen LogP contribution in [0.2, 0.25) is 0 Å². The number of primary amides is 1. The molecule has 1 amide bonds. The van der Waals surface area contributed by atoms with Gasteiger partial charge in [-0.1, -0.05) is 25.8 Å². The lowest BCUT2D eigenvalue weighted by molar-refractivity contribution is -0.116. The number of nitrogens with two attached hydrogens (primary N) is 1. The second-order valence-electron chi connectivity index (χ2n) is 7.57. The van der Waals surface area contributed by atoms with Crippen LogP contribution in [0, 0.1) is 5.92 Å². The topological polar surface area (TPSA) is 104 Å². The molecular weight excluding hydrogens is 522 g/mol. The highest BCUT2D eigenvalue weighted by molar-refractivity contribution is 9.13. The van der Waals surface area contributed by atoms with Gasteiger partial charge < -0.3 is 21.1 Å². The Hall–Kier alpha value is -0.670. The zero-order chi connectivity index (χ0) is 21.6. The Morgan fingerprint density at radius 3 is 2.62 bits per heavy atom. The standard InChI is InChI=1S/C21H29Br2NO4S/c1-2-3-4-8-15(20(24)27)16-10-14(25)11-21(16,28)17(26)9-6-5-7-13-12-29-19(23)18(13)22/h8-9,12,14,16,25-26,28H,2-7,10-11H2,1H3,(H2,24,27)/b15-8?,17-9+/t14-,16?,21-/m0/s1. The molecule has 0 spiro atoms. The first kappa shape index (κ1) is 24.6. The molecule has 1 aliphatic rings. The fraction of sp³-hybridized carbons (Fsp3) is 0.571. The lowest BCUT2D eigenvalue weighted by Crippen LogP contribution is -2.39. The molecule has 0 saturated heterocycles. The van der Waals surface area contributed by atoms with Crippen molar-refractivity contribution in [3.63, 3.8) is 0 Å². The second kappa shape index (κ2) is 11.1. The maximum Gasteiger partial charge on any atom is 0.244 e. The SMILES string of the molecule is CCCCC=C(C(N)=O)C1C[C@H](O)C[C@@]1(O)/C(O)=C\CCCc1csc(Br)c1Br. The van der Waals surface area contributed by atoms with Crippen molar-refractivity contribution in [2.75, 3.05) is 0 Å². The van der Waals surface area contributed by atoms with Crippen LogP contribution in [0.5, 0.6) is 0 Å². The van der Waals surface area contributed by atoms with Gasteiger partial charge in [0.25, 0.3) is 0 Å². The molecule has 3 atom stereocenters. The maximum atomic E-state index is 12.0. The predicted molar refractivity (Wildman–Crippen MR) is 124 cm³/mol. The fourth-order valence-electron chi connectivity index (χ4n) is 3.82. The summed E-state index contributed by atoms with van der Waals surface area (Å²) in [5, 5.41) is 34.1. The highest BCUT2D eigenvalue weighted by atomic mass is 79.9. The molecule has 29 heavy (non-hydrogen) atoms. The Morgan fingerprint density at radius 1 is 1.34 bits per heavy atom. The molecule has 1 heterocycles. The number of hydrogen-bond donors (Lipinski definition) is 4. The van der Waals surface area contributed by atoms with Gasteiger partial charge in [-0.25, -0.2) is 0 Å². The Balaban J connectivity index is 2.10. The van der Waals surface area contributed by atoms with Crippen LogP contribution in [-0.4, -0.2) is 32.9 Å². The van der Waals surface area contributed by atoms with Crippen LogP contribution in [0.25, 0.3) is 0 Å². The van der Waals surface area contributed by atoms with Crippen molar-refractivity contribution in [3.05, 3.63) is 42.7 Å². The Bertz CT molecular complexity index is 777. The Kier molecular flexibility index (Phi) is 9.41. The Morgan fingerprint density at radius 2 is 2.03 bits per heavy atom. The van der Waals surface area contributed by atoms with E-state index in [0.717, 1.165) is 33.9 Å². The number of carbonyl (C=O) groups is 1. The van der Waals surface area contributed by atoms with Crippen LogP contribution in [0.15, 0.2) is 37.1 Å². The molecule has 5 N–H and O–H groups in total. The van der Waals surface area contributed by atoms with E-state index < -0.39 is 23.5 Å². The van der Waals surface area contributed by atoms with E-state index in [-0.39, 0.29) is 18.6 Å². The van der Waals surface area contributed by atoms with E-state index in [2.05, 4.69) is 44.2 Å². The molecule has 2 rings (SSSR count). The first-order valence-corrected chi connectivity index (χ1v) is 12.4. The van der Waals surface area contributed by atoms with Gasteiger partial charge in [0.1, 0.15) is 11.4 Å². The van der Waals surface area contributed by atoms with Crippen LogP contribution in [0.4, 0.5) is 0 Å². The highest BCUT2D eigenvalue weighted by Crippen LogP contribution is 2.44. The van der Waals surface area contributed by atoms with Gasteiger partial charge in [0.15, 0.2) is 0 Å². The summed E-state index contributed by atoms with van der Waals surface area (Å²) in [4.78, 5) is 12.0. The molecule has 0 bridgehead atoms. The number of thiophene rings is 1. The number of allylic oxidation sites excluding steroid dienone is 2. The minimum atomic E-state index is -1.67. The van der Waals surface area contributed by atoms with Crippen molar-refractivity contribution < 1.29 is 20.1 Å². The third kappa shape index (κ3) is 6.17. The van der Waals surface area contributed by atoms with Crippen molar-refractivity contribution in [2.24, 2.45) is 11.7 Å².